The normalized spacial score (nSPS) is 10.7. The van der Waals surface area contributed by atoms with E-state index >= 15 is 0 Å². The monoisotopic (exact) mass is 393 g/mol. The van der Waals surface area contributed by atoms with Crippen molar-refractivity contribution >= 4 is 37.7 Å². The first-order valence-electron chi connectivity index (χ1n) is 5.79. The van der Waals surface area contributed by atoms with Gasteiger partial charge in [-0.05, 0) is 30.3 Å². The summed E-state index contributed by atoms with van der Waals surface area (Å²) in [4.78, 5) is 4.31. The molecule has 0 radical (unpaired) electrons. The van der Waals surface area contributed by atoms with Gasteiger partial charge in [0, 0.05) is 20.7 Å². The van der Waals surface area contributed by atoms with Crippen LogP contribution in [0.5, 0.6) is 0 Å². The Labute approximate surface area is 132 Å². The lowest BCUT2D eigenvalue weighted by molar-refractivity contribution is 0.436. The van der Waals surface area contributed by atoms with E-state index in [-0.39, 0.29) is 0 Å². The number of hydrogen-bond donors (Lipinski definition) is 1. The summed E-state index contributed by atoms with van der Waals surface area (Å²) in [5.41, 5.74) is 8.22. The predicted molar refractivity (Wildman–Crippen MR) is 85.0 cm³/mol. The molecule has 0 aliphatic rings. The van der Waals surface area contributed by atoms with Gasteiger partial charge in [0.25, 0.3) is 0 Å². The summed E-state index contributed by atoms with van der Waals surface area (Å²) in [6, 6.07) is 11.4. The average Bonchev–Trinajstić information content (AvgIpc) is 2.84. The van der Waals surface area contributed by atoms with Crippen molar-refractivity contribution in [3.05, 3.63) is 51.5 Å². The lowest BCUT2D eigenvalue weighted by atomic mass is 10.1. The standard InChI is InChI=1S/C14H9Br2N3O/c15-8-4-5-10(16)9(7-8)13-12(14(17)19-20-13)11-3-1-2-6-18-11/h1-7H,(H2,17,19). The third-order valence-corrected chi connectivity index (χ3v) is 4.00. The number of pyridine rings is 1. The molecule has 6 heteroatoms. The van der Waals surface area contributed by atoms with Crippen molar-refractivity contribution in [2.75, 3.05) is 5.73 Å². The second-order valence-electron chi connectivity index (χ2n) is 4.11. The van der Waals surface area contributed by atoms with Crippen molar-refractivity contribution in [2.24, 2.45) is 0 Å². The SMILES string of the molecule is Nc1noc(-c2cc(Br)ccc2Br)c1-c1ccccn1. The first-order valence-corrected chi connectivity index (χ1v) is 7.37. The van der Waals surface area contributed by atoms with E-state index in [0.29, 0.717) is 17.1 Å². The highest BCUT2D eigenvalue weighted by Gasteiger charge is 2.20. The summed E-state index contributed by atoms with van der Waals surface area (Å²) in [6.45, 7) is 0. The molecule has 3 aromatic rings. The summed E-state index contributed by atoms with van der Waals surface area (Å²) in [5, 5.41) is 3.87. The number of halogens is 2. The second-order valence-corrected chi connectivity index (χ2v) is 5.88. The number of nitrogens with zero attached hydrogens (tertiary/aromatic N) is 2. The maximum Gasteiger partial charge on any atom is 0.179 e. The highest BCUT2D eigenvalue weighted by Crippen LogP contribution is 2.39. The molecule has 0 spiro atoms. The van der Waals surface area contributed by atoms with Gasteiger partial charge in [-0.25, -0.2) is 0 Å². The molecule has 0 saturated carbocycles. The Balaban J connectivity index is 2.24. The van der Waals surface area contributed by atoms with E-state index in [9.17, 15) is 0 Å². The van der Waals surface area contributed by atoms with Gasteiger partial charge < -0.3 is 10.3 Å². The first kappa shape index (κ1) is 13.3. The smallest absolute Gasteiger partial charge is 0.179 e. The Hall–Kier alpha value is -1.66. The number of aromatic nitrogens is 2. The molecule has 0 aliphatic heterocycles. The fourth-order valence-corrected chi connectivity index (χ4v) is 2.70. The van der Waals surface area contributed by atoms with Gasteiger partial charge in [0.15, 0.2) is 11.6 Å². The van der Waals surface area contributed by atoms with E-state index in [2.05, 4.69) is 42.0 Å². The molecule has 1 aromatic carbocycles. The first-order chi connectivity index (χ1) is 9.66. The molecule has 0 amide bonds. The number of nitrogen functional groups attached to an aromatic ring is 1. The molecular weight excluding hydrogens is 386 g/mol. The Morgan fingerprint density at radius 1 is 1.10 bits per heavy atom. The molecule has 0 atom stereocenters. The lowest BCUT2D eigenvalue weighted by Crippen LogP contribution is -1.91. The Morgan fingerprint density at radius 2 is 1.95 bits per heavy atom. The van der Waals surface area contributed by atoms with Crippen molar-refractivity contribution in [1.29, 1.82) is 0 Å². The molecule has 0 saturated heterocycles. The minimum absolute atomic E-state index is 0.325. The zero-order chi connectivity index (χ0) is 14.1. The molecule has 0 unspecified atom stereocenters. The van der Waals surface area contributed by atoms with Crippen LogP contribution in [0.15, 0.2) is 56.1 Å². The fraction of sp³-hybridized carbons (Fsp3) is 0. The van der Waals surface area contributed by atoms with Gasteiger partial charge >= 0.3 is 0 Å². The van der Waals surface area contributed by atoms with Crippen LogP contribution in [0.2, 0.25) is 0 Å². The quantitative estimate of drug-likeness (QED) is 0.694. The number of hydrogen-bond acceptors (Lipinski definition) is 4. The van der Waals surface area contributed by atoms with Crippen LogP contribution >= 0.6 is 31.9 Å². The maximum absolute atomic E-state index is 5.93. The number of anilines is 1. The molecule has 100 valence electrons. The van der Waals surface area contributed by atoms with E-state index in [1.54, 1.807) is 6.20 Å². The third kappa shape index (κ3) is 2.36. The van der Waals surface area contributed by atoms with Crippen molar-refractivity contribution in [2.45, 2.75) is 0 Å². The van der Waals surface area contributed by atoms with Crippen molar-refractivity contribution in [1.82, 2.24) is 10.1 Å². The minimum atomic E-state index is 0.325. The Kier molecular flexibility index (Phi) is 3.58. The molecule has 20 heavy (non-hydrogen) atoms. The molecule has 0 bridgehead atoms. The molecule has 4 nitrogen and oxygen atoms in total. The zero-order valence-corrected chi connectivity index (χ0v) is 13.3. The minimum Gasteiger partial charge on any atom is -0.380 e. The highest BCUT2D eigenvalue weighted by atomic mass is 79.9. The van der Waals surface area contributed by atoms with E-state index < -0.39 is 0 Å². The van der Waals surface area contributed by atoms with Gasteiger partial charge in [0.05, 0.1) is 11.3 Å². The van der Waals surface area contributed by atoms with Crippen LogP contribution in [-0.4, -0.2) is 10.1 Å². The van der Waals surface area contributed by atoms with E-state index in [0.717, 1.165) is 20.2 Å². The van der Waals surface area contributed by atoms with Crippen LogP contribution in [-0.2, 0) is 0 Å². The van der Waals surface area contributed by atoms with Gasteiger partial charge in [-0.3, -0.25) is 4.98 Å². The van der Waals surface area contributed by atoms with Crippen LogP contribution in [0.1, 0.15) is 0 Å². The molecule has 0 fully saturated rings. The third-order valence-electron chi connectivity index (χ3n) is 2.81. The van der Waals surface area contributed by atoms with E-state index in [1.165, 1.54) is 0 Å². The van der Waals surface area contributed by atoms with E-state index in [1.807, 2.05) is 36.4 Å². The van der Waals surface area contributed by atoms with Gasteiger partial charge in [0.2, 0.25) is 0 Å². The van der Waals surface area contributed by atoms with Crippen LogP contribution in [0.4, 0.5) is 5.82 Å². The number of rotatable bonds is 2. The molecule has 0 aliphatic carbocycles. The summed E-state index contributed by atoms with van der Waals surface area (Å²) >= 11 is 6.96. The van der Waals surface area contributed by atoms with Gasteiger partial charge in [-0.2, -0.15) is 0 Å². The zero-order valence-electron chi connectivity index (χ0n) is 10.2. The topological polar surface area (TPSA) is 64.9 Å². The highest BCUT2D eigenvalue weighted by molar-refractivity contribution is 9.11. The average molecular weight is 395 g/mol. The number of nitrogens with two attached hydrogens (primary N) is 1. The maximum atomic E-state index is 5.93. The molecule has 2 heterocycles. The number of benzene rings is 1. The fourth-order valence-electron chi connectivity index (χ4n) is 1.92. The molecule has 2 N–H and O–H groups in total. The summed E-state index contributed by atoms with van der Waals surface area (Å²) in [7, 11) is 0. The second kappa shape index (κ2) is 5.38. The van der Waals surface area contributed by atoms with E-state index in [4.69, 9.17) is 10.3 Å². The van der Waals surface area contributed by atoms with Crippen LogP contribution < -0.4 is 5.73 Å². The summed E-state index contributed by atoms with van der Waals surface area (Å²) < 4.78 is 7.25. The van der Waals surface area contributed by atoms with Gasteiger partial charge in [-0.15, -0.1) is 0 Å². The predicted octanol–water partition coefficient (Wildman–Crippen LogP) is 4.51. The molecule has 3 rings (SSSR count). The molecule has 2 aromatic heterocycles. The largest absolute Gasteiger partial charge is 0.380 e. The van der Waals surface area contributed by atoms with Crippen molar-refractivity contribution < 1.29 is 4.52 Å². The lowest BCUT2D eigenvalue weighted by Gasteiger charge is -2.04. The summed E-state index contributed by atoms with van der Waals surface area (Å²) in [5.74, 6) is 0.917. The molecular formula is C14H9Br2N3O. The van der Waals surface area contributed by atoms with Gasteiger partial charge in [-0.1, -0.05) is 43.1 Å². The Morgan fingerprint density at radius 3 is 2.70 bits per heavy atom. The van der Waals surface area contributed by atoms with Crippen LogP contribution in [0, 0.1) is 0 Å². The van der Waals surface area contributed by atoms with Crippen LogP contribution in [0.25, 0.3) is 22.6 Å². The van der Waals surface area contributed by atoms with Crippen LogP contribution in [0.3, 0.4) is 0 Å². The summed E-state index contributed by atoms with van der Waals surface area (Å²) in [6.07, 6.45) is 1.71. The van der Waals surface area contributed by atoms with Crippen molar-refractivity contribution in [3.8, 4) is 22.6 Å². The van der Waals surface area contributed by atoms with Crippen molar-refractivity contribution in [3.63, 3.8) is 0 Å². The Bertz CT molecular complexity index is 756. The van der Waals surface area contributed by atoms with Gasteiger partial charge in [0.1, 0.15) is 0 Å².